The molecular weight excluding hydrogens is 392 g/mol. The molecule has 1 fully saturated rings. The largest absolute Gasteiger partial charge is 0.368 e. The quantitative estimate of drug-likeness (QED) is 0.716. The van der Waals surface area contributed by atoms with E-state index in [2.05, 4.69) is 15.1 Å². The minimum Gasteiger partial charge on any atom is -0.368 e. The molecule has 9 nitrogen and oxygen atoms in total. The van der Waals surface area contributed by atoms with Crippen LogP contribution in [-0.2, 0) is 27.3 Å². The number of thioether (sulfide) groups is 1. The normalized spacial score (nSPS) is 18.0. The zero-order valence-corrected chi connectivity index (χ0v) is 17.9. The molecule has 156 valence electrons. The minimum absolute atomic E-state index is 0.133. The summed E-state index contributed by atoms with van der Waals surface area (Å²) in [6.45, 7) is 3.79. The number of carbonyl (C=O) groups excluding carboxylic acids is 1. The van der Waals surface area contributed by atoms with E-state index in [-0.39, 0.29) is 5.91 Å². The van der Waals surface area contributed by atoms with Gasteiger partial charge in [0.1, 0.15) is 5.60 Å². The van der Waals surface area contributed by atoms with Crippen LogP contribution in [0, 0.1) is 6.92 Å². The van der Waals surface area contributed by atoms with Crippen molar-refractivity contribution in [3.63, 3.8) is 0 Å². The number of amides is 1. The zero-order chi connectivity index (χ0) is 20.4. The molecule has 0 radical (unpaired) electrons. The molecule has 0 unspecified atom stereocenters. The third-order valence-electron chi connectivity index (χ3n) is 5.38. The van der Waals surface area contributed by atoms with E-state index in [9.17, 15) is 4.79 Å². The number of aryl methyl sites for hydroxylation is 1. The van der Waals surface area contributed by atoms with Crippen LogP contribution in [0.4, 0.5) is 5.95 Å². The fraction of sp³-hybridized carbons (Fsp3) is 0.632. The van der Waals surface area contributed by atoms with Crippen LogP contribution in [0.2, 0.25) is 0 Å². The van der Waals surface area contributed by atoms with Crippen LogP contribution in [-0.4, -0.2) is 70.5 Å². The summed E-state index contributed by atoms with van der Waals surface area (Å²) in [5, 5.41) is 3.77. The van der Waals surface area contributed by atoms with Crippen LogP contribution in [0.1, 0.15) is 35.8 Å². The standard InChI is InChI=1S/C19H26N6O3S/c1-13-21-15(28-23-13)11-29-12-16(26)25-7-5-19(6-8-25)17-14(4-9-27-19)10-20-18(22-17)24(2)3/h10H,4-9,11-12H2,1-3H3. The number of carbonyl (C=O) groups is 1. The molecule has 4 heterocycles. The molecule has 2 aliphatic heterocycles. The van der Waals surface area contributed by atoms with Gasteiger partial charge in [-0.1, -0.05) is 5.16 Å². The monoisotopic (exact) mass is 418 g/mol. The average molecular weight is 419 g/mol. The highest BCUT2D eigenvalue weighted by Crippen LogP contribution is 2.40. The lowest BCUT2D eigenvalue weighted by Gasteiger charge is -2.44. The number of hydrogen-bond donors (Lipinski definition) is 0. The lowest BCUT2D eigenvalue weighted by molar-refractivity contribution is -0.138. The van der Waals surface area contributed by atoms with E-state index in [1.807, 2.05) is 30.1 Å². The SMILES string of the molecule is Cc1noc(CSCC(=O)N2CCC3(CC2)OCCc2cnc(N(C)C)nc23)n1. The van der Waals surface area contributed by atoms with Gasteiger partial charge in [0.15, 0.2) is 5.82 Å². The van der Waals surface area contributed by atoms with E-state index in [1.165, 1.54) is 11.8 Å². The summed E-state index contributed by atoms with van der Waals surface area (Å²) in [4.78, 5) is 29.9. The maximum absolute atomic E-state index is 12.6. The smallest absolute Gasteiger partial charge is 0.236 e. The molecule has 0 atom stereocenters. The lowest BCUT2D eigenvalue weighted by Crippen LogP contribution is -2.49. The molecule has 0 aromatic carbocycles. The molecule has 1 saturated heterocycles. The predicted octanol–water partition coefficient (Wildman–Crippen LogP) is 1.56. The maximum atomic E-state index is 12.6. The van der Waals surface area contributed by atoms with Crippen molar-refractivity contribution in [3.8, 4) is 0 Å². The molecule has 4 rings (SSSR count). The van der Waals surface area contributed by atoms with Gasteiger partial charge in [-0.05, 0) is 31.7 Å². The highest BCUT2D eigenvalue weighted by molar-refractivity contribution is 7.99. The second-order valence-electron chi connectivity index (χ2n) is 7.64. The van der Waals surface area contributed by atoms with Crippen molar-refractivity contribution in [2.75, 3.05) is 44.4 Å². The summed E-state index contributed by atoms with van der Waals surface area (Å²) < 4.78 is 11.3. The fourth-order valence-electron chi connectivity index (χ4n) is 3.83. The molecule has 2 aliphatic rings. The molecule has 2 aromatic heterocycles. The van der Waals surface area contributed by atoms with Gasteiger partial charge in [-0.25, -0.2) is 9.97 Å². The van der Waals surface area contributed by atoms with Gasteiger partial charge in [0.2, 0.25) is 17.7 Å². The van der Waals surface area contributed by atoms with Gasteiger partial charge in [0, 0.05) is 33.4 Å². The van der Waals surface area contributed by atoms with Gasteiger partial charge < -0.3 is 19.1 Å². The Kier molecular flexibility index (Phi) is 5.73. The molecule has 0 aliphatic carbocycles. The second kappa shape index (κ2) is 8.27. The molecule has 0 saturated carbocycles. The van der Waals surface area contributed by atoms with E-state index < -0.39 is 5.60 Å². The first-order chi connectivity index (χ1) is 14.0. The molecule has 1 amide bonds. The van der Waals surface area contributed by atoms with Crippen molar-refractivity contribution in [2.45, 2.75) is 37.5 Å². The van der Waals surface area contributed by atoms with Crippen LogP contribution in [0.15, 0.2) is 10.7 Å². The molecule has 0 N–H and O–H groups in total. The van der Waals surface area contributed by atoms with Crippen LogP contribution >= 0.6 is 11.8 Å². The Hall–Kier alpha value is -2.20. The maximum Gasteiger partial charge on any atom is 0.236 e. The Morgan fingerprint density at radius 1 is 1.31 bits per heavy atom. The van der Waals surface area contributed by atoms with Crippen molar-refractivity contribution >= 4 is 23.6 Å². The molecular formula is C19H26N6O3S. The number of ether oxygens (including phenoxy) is 1. The Bertz CT molecular complexity index is 879. The highest BCUT2D eigenvalue weighted by Gasteiger charge is 2.43. The van der Waals surface area contributed by atoms with E-state index in [1.54, 1.807) is 6.92 Å². The number of piperidine rings is 1. The third-order valence-corrected chi connectivity index (χ3v) is 6.28. The zero-order valence-electron chi connectivity index (χ0n) is 17.1. The first kappa shape index (κ1) is 20.1. The topological polar surface area (TPSA) is 97.5 Å². The highest BCUT2D eigenvalue weighted by atomic mass is 32.2. The average Bonchev–Trinajstić information content (AvgIpc) is 3.13. The molecule has 29 heavy (non-hydrogen) atoms. The van der Waals surface area contributed by atoms with Gasteiger partial charge >= 0.3 is 0 Å². The molecule has 0 bridgehead atoms. The van der Waals surface area contributed by atoms with Crippen molar-refractivity contribution < 1.29 is 14.1 Å². The molecule has 1 spiro atoms. The fourth-order valence-corrected chi connectivity index (χ4v) is 4.58. The molecule has 2 aromatic rings. The predicted molar refractivity (Wildman–Crippen MR) is 109 cm³/mol. The first-order valence-corrected chi connectivity index (χ1v) is 10.9. The van der Waals surface area contributed by atoms with Gasteiger partial charge in [-0.15, -0.1) is 11.8 Å². The van der Waals surface area contributed by atoms with Crippen molar-refractivity contribution in [1.82, 2.24) is 25.0 Å². The van der Waals surface area contributed by atoms with Gasteiger partial charge in [-0.3, -0.25) is 4.79 Å². The number of hydrogen-bond acceptors (Lipinski definition) is 9. The first-order valence-electron chi connectivity index (χ1n) is 9.79. The molecule has 10 heteroatoms. The number of rotatable bonds is 5. The van der Waals surface area contributed by atoms with Crippen LogP contribution in [0.5, 0.6) is 0 Å². The van der Waals surface area contributed by atoms with E-state index in [4.69, 9.17) is 14.2 Å². The van der Waals surface area contributed by atoms with Crippen molar-refractivity contribution in [1.29, 1.82) is 0 Å². The number of fused-ring (bicyclic) bond motifs is 2. The summed E-state index contributed by atoms with van der Waals surface area (Å²) in [6.07, 6.45) is 4.26. The summed E-state index contributed by atoms with van der Waals surface area (Å²) in [6, 6.07) is 0. The lowest BCUT2D eigenvalue weighted by atomic mass is 9.83. The van der Waals surface area contributed by atoms with E-state index in [0.717, 1.165) is 30.5 Å². The van der Waals surface area contributed by atoms with Crippen molar-refractivity contribution in [3.05, 3.63) is 29.2 Å². The van der Waals surface area contributed by atoms with Gasteiger partial charge in [-0.2, -0.15) is 4.98 Å². The number of likely N-dealkylation sites (tertiary alicyclic amines) is 1. The Morgan fingerprint density at radius 2 is 2.10 bits per heavy atom. The van der Waals surface area contributed by atoms with Crippen molar-refractivity contribution in [2.24, 2.45) is 0 Å². The summed E-state index contributed by atoms with van der Waals surface area (Å²) in [5.41, 5.74) is 1.75. The summed E-state index contributed by atoms with van der Waals surface area (Å²) in [7, 11) is 3.87. The van der Waals surface area contributed by atoms with Gasteiger partial charge in [0.05, 0.1) is 23.8 Å². The van der Waals surface area contributed by atoms with Crippen LogP contribution in [0.3, 0.4) is 0 Å². The minimum atomic E-state index is -0.410. The van der Waals surface area contributed by atoms with E-state index >= 15 is 0 Å². The number of nitrogens with zero attached hydrogens (tertiary/aromatic N) is 6. The Labute approximate surface area is 174 Å². The Balaban J connectivity index is 1.37. The van der Waals surface area contributed by atoms with Gasteiger partial charge in [0.25, 0.3) is 0 Å². The number of aromatic nitrogens is 4. The summed E-state index contributed by atoms with van der Waals surface area (Å²) in [5.74, 6) is 2.95. The number of anilines is 1. The third kappa shape index (κ3) is 4.23. The Morgan fingerprint density at radius 3 is 2.79 bits per heavy atom. The summed E-state index contributed by atoms with van der Waals surface area (Å²) >= 11 is 1.50. The van der Waals surface area contributed by atoms with Crippen LogP contribution in [0.25, 0.3) is 0 Å². The van der Waals surface area contributed by atoms with E-state index in [0.29, 0.717) is 48.9 Å². The second-order valence-corrected chi connectivity index (χ2v) is 8.63. The van der Waals surface area contributed by atoms with Crippen LogP contribution < -0.4 is 4.90 Å².